The first-order valence-corrected chi connectivity index (χ1v) is 4.82. The van der Waals surface area contributed by atoms with Crippen LogP contribution in [-0.4, -0.2) is 16.2 Å². The van der Waals surface area contributed by atoms with Crippen molar-refractivity contribution >= 4 is 5.97 Å². The maximum absolute atomic E-state index is 12.2. The molecule has 1 aromatic carbocycles. The topological polar surface area (TPSA) is 57.5 Å². The Labute approximate surface area is 91.3 Å². The lowest BCUT2D eigenvalue weighted by molar-refractivity contribution is -0.137. The highest BCUT2D eigenvalue weighted by molar-refractivity contribution is 5.66. The van der Waals surface area contributed by atoms with Gasteiger partial charge in [0.2, 0.25) is 0 Å². The van der Waals surface area contributed by atoms with Gasteiger partial charge in [-0.05, 0) is 24.5 Å². The number of phenols is 1. The van der Waals surface area contributed by atoms with E-state index in [0.717, 1.165) is 6.07 Å². The standard InChI is InChI=1S/C11H12F2O3/c12-11(13)8-5-4-7(9(14)6-8)2-1-3-10(15)16/h4-6,11,14H,1-3H2,(H,15,16). The van der Waals surface area contributed by atoms with E-state index >= 15 is 0 Å². The molecule has 16 heavy (non-hydrogen) atoms. The average Bonchev–Trinajstić information content (AvgIpc) is 2.19. The number of hydrogen-bond acceptors (Lipinski definition) is 2. The SMILES string of the molecule is O=C(O)CCCc1ccc(C(F)F)cc1O. The minimum atomic E-state index is -2.61. The monoisotopic (exact) mass is 230 g/mol. The minimum absolute atomic E-state index is 0.00393. The van der Waals surface area contributed by atoms with Gasteiger partial charge in [-0.3, -0.25) is 4.79 Å². The van der Waals surface area contributed by atoms with E-state index in [2.05, 4.69) is 0 Å². The second kappa shape index (κ2) is 5.44. The van der Waals surface area contributed by atoms with Gasteiger partial charge in [0.25, 0.3) is 6.43 Å². The number of hydrogen-bond donors (Lipinski definition) is 2. The molecule has 1 aromatic rings. The van der Waals surface area contributed by atoms with Crippen LogP contribution in [0.15, 0.2) is 18.2 Å². The molecule has 88 valence electrons. The van der Waals surface area contributed by atoms with E-state index in [0.29, 0.717) is 18.4 Å². The van der Waals surface area contributed by atoms with Crippen molar-refractivity contribution in [3.05, 3.63) is 29.3 Å². The number of aryl methyl sites for hydroxylation is 1. The van der Waals surface area contributed by atoms with Crippen LogP contribution in [0.4, 0.5) is 8.78 Å². The van der Waals surface area contributed by atoms with Crippen LogP contribution in [0.5, 0.6) is 5.75 Å². The zero-order valence-corrected chi connectivity index (χ0v) is 8.49. The second-order valence-electron chi connectivity index (χ2n) is 3.44. The zero-order valence-electron chi connectivity index (χ0n) is 8.49. The van der Waals surface area contributed by atoms with Crippen molar-refractivity contribution in [3.8, 4) is 5.75 Å². The van der Waals surface area contributed by atoms with Gasteiger partial charge in [0, 0.05) is 12.0 Å². The van der Waals surface area contributed by atoms with Gasteiger partial charge in [0.15, 0.2) is 0 Å². The molecule has 5 heteroatoms. The molecule has 0 fully saturated rings. The third-order valence-corrected chi connectivity index (χ3v) is 2.20. The maximum atomic E-state index is 12.2. The Balaban J connectivity index is 2.64. The van der Waals surface area contributed by atoms with E-state index in [1.165, 1.54) is 12.1 Å². The first-order chi connectivity index (χ1) is 7.50. The van der Waals surface area contributed by atoms with Crippen molar-refractivity contribution in [1.29, 1.82) is 0 Å². The van der Waals surface area contributed by atoms with E-state index in [1.807, 2.05) is 0 Å². The number of rotatable bonds is 5. The number of benzene rings is 1. The summed E-state index contributed by atoms with van der Waals surface area (Å²) in [5.41, 5.74) is 0.255. The molecule has 0 aliphatic heterocycles. The summed E-state index contributed by atoms with van der Waals surface area (Å²) in [7, 11) is 0. The summed E-state index contributed by atoms with van der Waals surface area (Å²) in [5, 5.41) is 17.8. The Bertz CT molecular complexity index is 377. The fraction of sp³-hybridized carbons (Fsp3) is 0.364. The molecular weight excluding hydrogens is 218 g/mol. The summed E-state index contributed by atoms with van der Waals surface area (Å²) in [6.45, 7) is 0. The minimum Gasteiger partial charge on any atom is -0.508 e. The lowest BCUT2D eigenvalue weighted by atomic mass is 10.0. The van der Waals surface area contributed by atoms with Crippen molar-refractivity contribution in [3.63, 3.8) is 0 Å². The van der Waals surface area contributed by atoms with E-state index < -0.39 is 12.4 Å². The van der Waals surface area contributed by atoms with Gasteiger partial charge >= 0.3 is 5.97 Å². The lowest BCUT2D eigenvalue weighted by Gasteiger charge is -2.06. The van der Waals surface area contributed by atoms with Crippen molar-refractivity contribution in [2.45, 2.75) is 25.7 Å². The number of phenolic OH excluding ortho intramolecular Hbond substituents is 1. The molecule has 0 heterocycles. The molecular formula is C11H12F2O3. The first kappa shape index (κ1) is 12.4. The quantitative estimate of drug-likeness (QED) is 0.817. The Morgan fingerprint density at radius 3 is 2.56 bits per heavy atom. The predicted octanol–water partition coefficient (Wildman–Crippen LogP) is 2.74. The fourth-order valence-corrected chi connectivity index (χ4v) is 1.36. The predicted molar refractivity (Wildman–Crippen MR) is 53.6 cm³/mol. The van der Waals surface area contributed by atoms with Crippen LogP contribution < -0.4 is 0 Å². The number of carbonyl (C=O) groups is 1. The van der Waals surface area contributed by atoms with E-state index in [1.54, 1.807) is 0 Å². The number of alkyl halides is 2. The Morgan fingerprint density at radius 2 is 2.06 bits per heavy atom. The average molecular weight is 230 g/mol. The molecule has 3 nitrogen and oxygen atoms in total. The van der Waals surface area contributed by atoms with Crippen LogP contribution in [0.2, 0.25) is 0 Å². The number of halogens is 2. The summed E-state index contributed by atoms with van der Waals surface area (Å²) in [6, 6.07) is 3.65. The molecule has 0 aliphatic carbocycles. The van der Waals surface area contributed by atoms with E-state index in [9.17, 15) is 18.7 Å². The van der Waals surface area contributed by atoms with Crippen molar-refractivity contribution in [1.82, 2.24) is 0 Å². The largest absolute Gasteiger partial charge is 0.508 e. The maximum Gasteiger partial charge on any atom is 0.303 e. The number of aromatic hydroxyl groups is 1. The number of carboxylic acid groups (broad SMARTS) is 1. The van der Waals surface area contributed by atoms with E-state index in [4.69, 9.17) is 5.11 Å². The van der Waals surface area contributed by atoms with Crippen molar-refractivity contribution in [2.24, 2.45) is 0 Å². The Morgan fingerprint density at radius 1 is 1.38 bits per heavy atom. The van der Waals surface area contributed by atoms with Crippen molar-refractivity contribution < 1.29 is 23.8 Å². The molecule has 1 rings (SSSR count). The Hall–Kier alpha value is -1.65. The summed E-state index contributed by atoms with van der Waals surface area (Å²) in [4.78, 5) is 10.3. The molecule has 0 saturated carbocycles. The van der Waals surface area contributed by atoms with Crippen molar-refractivity contribution in [2.75, 3.05) is 0 Å². The molecule has 0 aliphatic rings. The molecule has 0 atom stereocenters. The summed E-state index contributed by atoms with van der Waals surface area (Å²) in [6.07, 6.45) is -1.88. The normalized spacial score (nSPS) is 10.7. The van der Waals surface area contributed by atoms with E-state index in [-0.39, 0.29) is 17.7 Å². The third kappa shape index (κ3) is 3.49. The molecule has 0 saturated heterocycles. The van der Waals surface area contributed by atoms with Crippen LogP contribution in [0.1, 0.15) is 30.4 Å². The van der Waals surface area contributed by atoms with Gasteiger partial charge in [-0.1, -0.05) is 12.1 Å². The molecule has 2 N–H and O–H groups in total. The third-order valence-electron chi connectivity index (χ3n) is 2.20. The smallest absolute Gasteiger partial charge is 0.303 e. The van der Waals surface area contributed by atoms with Crippen LogP contribution in [0.3, 0.4) is 0 Å². The van der Waals surface area contributed by atoms with Crippen LogP contribution in [0, 0.1) is 0 Å². The Kier molecular flexibility index (Phi) is 4.22. The first-order valence-electron chi connectivity index (χ1n) is 4.82. The highest BCUT2D eigenvalue weighted by Gasteiger charge is 2.10. The highest BCUT2D eigenvalue weighted by atomic mass is 19.3. The van der Waals surface area contributed by atoms with Gasteiger partial charge in [0.05, 0.1) is 0 Å². The molecule has 0 radical (unpaired) electrons. The summed E-state index contributed by atoms with van der Waals surface area (Å²) >= 11 is 0. The van der Waals surface area contributed by atoms with Gasteiger partial charge in [-0.2, -0.15) is 0 Å². The summed E-state index contributed by atoms with van der Waals surface area (Å²) in [5.74, 6) is -1.12. The van der Waals surface area contributed by atoms with Gasteiger partial charge in [0.1, 0.15) is 5.75 Å². The van der Waals surface area contributed by atoms with Crippen LogP contribution in [0.25, 0.3) is 0 Å². The molecule has 0 unspecified atom stereocenters. The summed E-state index contributed by atoms with van der Waals surface area (Å²) < 4.78 is 24.5. The fourth-order valence-electron chi connectivity index (χ4n) is 1.36. The molecule has 0 bridgehead atoms. The van der Waals surface area contributed by atoms with Gasteiger partial charge in [-0.15, -0.1) is 0 Å². The van der Waals surface area contributed by atoms with Crippen LogP contribution in [-0.2, 0) is 11.2 Å². The zero-order chi connectivity index (χ0) is 12.1. The molecule has 0 amide bonds. The number of carboxylic acids is 1. The highest BCUT2D eigenvalue weighted by Crippen LogP contribution is 2.26. The van der Waals surface area contributed by atoms with Gasteiger partial charge in [-0.25, -0.2) is 8.78 Å². The van der Waals surface area contributed by atoms with Crippen LogP contribution >= 0.6 is 0 Å². The molecule has 0 aromatic heterocycles. The number of aliphatic carboxylic acids is 1. The van der Waals surface area contributed by atoms with Gasteiger partial charge < -0.3 is 10.2 Å². The lowest BCUT2D eigenvalue weighted by Crippen LogP contribution is -1.96. The second-order valence-corrected chi connectivity index (χ2v) is 3.44. The molecule has 0 spiro atoms.